The number of nitrogens with one attached hydrogen (secondary N) is 1. The minimum atomic E-state index is -0.623. The van der Waals surface area contributed by atoms with Crippen molar-refractivity contribution in [3.05, 3.63) is 81.6 Å². The Bertz CT molecular complexity index is 1910. The quantitative estimate of drug-likeness (QED) is 0.0621. The lowest BCUT2D eigenvalue weighted by molar-refractivity contribution is -0.144. The Hall–Kier alpha value is -4.82. The highest BCUT2D eigenvalue weighted by Crippen LogP contribution is 2.45. The van der Waals surface area contributed by atoms with Crippen molar-refractivity contribution in [1.29, 1.82) is 5.26 Å². The number of anilines is 1. The summed E-state index contributed by atoms with van der Waals surface area (Å²) in [6.45, 7) is 15.2. The smallest absolute Gasteiger partial charge is 0.407 e. The molecule has 14 heteroatoms. The molecule has 0 radical (unpaired) electrons. The van der Waals surface area contributed by atoms with Crippen molar-refractivity contribution in [2.24, 2.45) is 0 Å². The third kappa shape index (κ3) is 9.66. The predicted molar refractivity (Wildman–Crippen MR) is 195 cm³/mol. The van der Waals surface area contributed by atoms with Crippen LogP contribution in [0.2, 0.25) is 5.02 Å². The van der Waals surface area contributed by atoms with Crippen molar-refractivity contribution >= 4 is 58.3 Å². The molecule has 11 nitrogen and oxygen atoms in total. The number of rotatable bonds is 13. The van der Waals surface area contributed by atoms with E-state index in [0.29, 0.717) is 49.7 Å². The molecule has 1 N–H and O–H groups in total. The number of nitriles is 1. The van der Waals surface area contributed by atoms with Gasteiger partial charge in [-0.15, -0.1) is 11.3 Å². The molecule has 50 heavy (non-hydrogen) atoms. The number of hydrogen-bond donors (Lipinski definition) is 1. The van der Waals surface area contributed by atoms with Gasteiger partial charge >= 0.3 is 12.1 Å². The number of halogens is 1. The van der Waals surface area contributed by atoms with E-state index in [4.69, 9.17) is 42.4 Å². The molecular weight excluding hydrogens is 696 g/mol. The van der Waals surface area contributed by atoms with Crippen LogP contribution >= 0.6 is 34.7 Å². The van der Waals surface area contributed by atoms with Gasteiger partial charge in [0.15, 0.2) is 0 Å². The highest BCUT2D eigenvalue weighted by atomic mass is 35.5. The lowest BCUT2D eigenvalue weighted by atomic mass is 9.99. The molecule has 5 rings (SSSR count). The second-order valence-corrected chi connectivity index (χ2v) is 14.4. The molecule has 1 aliphatic rings. The van der Waals surface area contributed by atoms with Crippen molar-refractivity contribution in [2.45, 2.75) is 50.0 Å². The lowest BCUT2D eigenvalue weighted by Crippen LogP contribution is -2.37. The summed E-state index contributed by atoms with van der Waals surface area (Å²) in [7, 11) is 0. The minimum absolute atomic E-state index is 0.00159. The average Bonchev–Trinajstić information content (AvgIpc) is 3.53. The highest BCUT2D eigenvalue weighted by molar-refractivity contribution is 7.98. The van der Waals surface area contributed by atoms with E-state index in [0.717, 1.165) is 35.8 Å². The van der Waals surface area contributed by atoms with Crippen LogP contribution in [0.3, 0.4) is 0 Å². The number of thiazole rings is 1. The van der Waals surface area contributed by atoms with E-state index in [1.54, 1.807) is 44.2 Å². The van der Waals surface area contributed by atoms with Crippen LogP contribution in [-0.4, -0.2) is 60.5 Å². The molecule has 258 valence electrons. The molecule has 0 aliphatic carbocycles. The lowest BCUT2D eigenvalue weighted by Gasteiger charge is -2.34. The minimum Gasteiger partial charge on any atom is -0.490 e. The fraction of sp³-hybridized carbons (Fsp3) is 0.333. The van der Waals surface area contributed by atoms with E-state index >= 15 is 0 Å². The summed E-state index contributed by atoms with van der Waals surface area (Å²) >= 11 is 9.01. The van der Waals surface area contributed by atoms with E-state index in [-0.39, 0.29) is 26.2 Å². The number of benzene rings is 2. The third-order valence-corrected chi connectivity index (χ3v) is 9.46. The van der Waals surface area contributed by atoms with Gasteiger partial charge in [0.25, 0.3) is 0 Å². The van der Waals surface area contributed by atoms with Gasteiger partial charge in [-0.2, -0.15) is 5.26 Å². The van der Waals surface area contributed by atoms with Gasteiger partial charge in [0.05, 0.1) is 24.3 Å². The Kier molecular flexibility index (Phi) is 12.2. The molecule has 1 amide bonds. The number of carbonyl (C=O) groups excluding carboxylic acids is 2. The number of ether oxygens (including phenoxy) is 3. The van der Waals surface area contributed by atoms with Crippen LogP contribution in [0.4, 0.5) is 16.3 Å². The van der Waals surface area contributed by atoms with Crippen LogP contribution in [0, 0.1) is 17.9 Å². The van der Waals surface area contributed by atoms with Crippen molar-refractivity contribution < 1.29 is 23.8 Å². The van der Waals surface area contributed by atoms with Gasteiger partial charge in [0, 0.05) is 46.9 Å². The van der Waals surface area contributed by atoms with Crippen molar-refractivity contribution in [3.8, 4) is 33.5 Å². The molecule has 1 aliphatic heterocycles. The Balaban J connectivity index is 1.24. The fourth-order valence-electron chi connectivity index (χ4n) is 4.81. The van der Waals surface area contributed by atoms with Crippen LogP contribution in [0.5, 0.6) is 5.75 Å². The van der Waals surface area contributed by atoms with Gasteiger partial charge in [-0.1, -0.05) is 47.6 Å². The SMILES string of the molecule is [C-]#[N+]c1c(N2CCC2)nc(SCc2csc(-c3ccc(Cl)cc3)n2)c(C#N)c1-c1ccc(OCCOC(=O)CCNC(=O)OC(C)(C)C)cc1. The summed E-state index contributed by atoms with van der Waals surface area (Å²) in [6, 6.07) is 17.0. The van der Waals surface area contributed by atoms with E-state index in [9.17, 15) is 14.9 Å². The van der Waals surface area contributed by atoms with Gasteiger partial charge in [0.2, 0.25) is 5.69 Å². The van der Waals surface area contributed by atoms with Crippen molar-refractivity contribution in [1.82, 2.24) is 15.3 Å². The molecule has 0 bridgehead atoms. The van der Waals surface area contributed by atoms with E-state index in [1.165, 1.54) is 11.8 Å². The van der Waals surface area contributed by atoms with E-state index in [2.05, 4.69) is 21.1 Å². The molecule has 4 aromatic rings. The molecule has 3 heterocycles. The first-order valence-electron chi connectivity index (χ1n) is 15.8. The van der Waals surface area contributed by atoms with Crippen LogP contribution < -0.4 is 15.0 Å². The van der Waals surface area contributed by atoms with Crippen LogP contribution in [-0.2, 0) is 20.0 Å². The maximum absolute atomic E-state index is 12.0. The summed E-state index contributed by atoms with van der Waals surface area (Å²) < 4.78 is 16.1. The van der Waals surface area contributed by atoms with Crippen molar-refractivity contribution in [2.75, 3.05) is 37.7 Å². The Morgan fingerprint density at radius 2 is 1.82 bits per heavy atom. The Morgan fingerprint density at radius 3 is 2.46 bits per heavy atom. The first-order valence-corrected chi connectivity index (χ1v) is 18.1. The van der Waals surface area contributed by atoms with Crippen LogP contribution in [0.1, 0.15) is 44.9 Å². The number of alkyl carbamates (subject to hydrolysis) is 1. The van der Waals surface area contributed by atoms with Gasteiger partial charge in [0.1, 0.15) is 46.5 Å². The first-order chi connectivity index (χ1) is 24.0. The third-order valence-electron chi connectivity index (χ3n) is 7.25. The van der Waals surface area contributed by atoms with E-state index < -0.39 is 17.7 Å². The zero-order valence-corrected chi connectivity index (χ0v) is 30.2. The second-order valence-electron chi connectivity index (χ2n) is 12.1. The standard InChI is InChI=1S/C36H35ClN6O5S2/c1-36(2,3)48-35(45)40-15-14-29(44)47-19-18-46-27-12-8-23(9-13-27)30-28(20-38)34(42-32(31(30)39-4)43-16-5-17-43)50-22-26-21-49-33(41-26)24-6-10-25(37)11-7-24/h6-13,21H,5,14-19,22H2,1-3H3,(H,40,45). The van der Waals surface area contributed by atoms with Crippen LogP contribution in [0.25, 0.3) is 26.5 Å². The number of hydrogen-bond acceptors (Lipinski definition) is 11. The number of esters is 1. The topological polar surface area (TPSA) is 131 Å². The summed E-state index contributed by atoms with van der Waals surface area (Å²) in [5, 5.41) is 17.0. The first kappa shape index (κ1) is 36.5. The second kappa shape index (κ2) is 16.7. The van der Waals surface area contributed by atoms with Crippen molar-refractivity contribution in [3.63, 3.8) is 0 Å². The number of thioether (sulfide) groups is 1. The molecule has 2 aromatic heterocycles. The Morgan fingerprint density at radius 1 is 1.10 bits per heavy atom. The molecule has 0 atom stereocenters. The maximum atomic E-state index is 12.0. The maximum Gasteiger partial charge on any atom is 0.407 e. The van der Waals surface area contributed by atoms with E-state index in [1.807, 2.05) is 41.8 Å². The number of aromatic nitrogens is 2. The fourth-order valence-corrected chi connectivity index (χ4v) is 6.75. The van der Waals surface area contributed by atoms with Gasteiger partial charge in [-0.3, -0.25) is 4.79 Å². The summed E-state index contributed by atoms with van der Waals surface area (Å²) in [6.07, 6.45) is 0.410. The van der Waals surface area contributed by atoms with Gasteiger partial charge < -0.3 is 24.4 Å². The zero-order valence-electron chi connectivity index (χ0n) is 27.8. The number of nitrogens with zero attached hydrogens (tertiary/aromatic N) is 5. The molecule has 2 aromatic carbocycles. The summed E-state index contributed by atoms with van der Waals surface area (Å²) in [5.41, 5.74) is 3.11. The van der Waals surface area contributed by atoms with Crippen LogP contribution in [0.15, 0.2) is 58.9 Å². The molecule has 1 fully saturated rings. The normalized spacial score (nSPS) is 12.3. The van der Waals surface area contributed by atoms with Gasteiger partial charge in [-0.25, -0.2) is 19.6 Å². The summed E-state index contributed by atoms with van der Waals surface area (Å²) in [5.74, 6) is 1.13. The number of carbonyl (C=O) groups is 2. The average molecular weight is 731 g/mol. The van der Waals surface area contributed by atoms with Gasteiger partial charge in [-0.05, 0) is 57.0 Å². The molecule has 0 unspecified atom stereocenters. The zero-order chi connectivity index (χ0) is 35.7. The number of amides is 1. The predicted octanol–water partition coefficient (Wildman–Crippen LogP) is 8.29. The summed E-state index contributed by atoms with van der Waals surface area (Å²) in [4.78, 5) is 39.3. The Labute approximate surface area is 304 Å². The highest BCUT2D eigenvalue weighted by Gasteiger charge is 2.27. The number of pyridine rings is 1. The largest absolute Gasteiger partial charge is 0.490 e. The molecular formula is C36H35ClN6O5S2. The molecule has 0 saturated carbocycles. The molecule has 1 saturated heterocycles. The monoisotopic (exact) mass is 730 g/mol. The molecule has 0 spiro atoms.